The van der Waals surface area contributed by atoms with E-state index in [1.807, 2.05) is 18.2 Å². The van der Waals surface area contributed by atoms with Crippen LogP contribution in [0.2, 0.25) is 0 Å². The molecule has 0 saturated carbocycles. The first-order valence-electron chi connectivity index (χ1n) is 4.68. The van der Waals surface area contributed by atoms with Gasteiger partial charge in [-0.1, -0.05) is 11.6 Å². The number of nitrogens with zero attached hydrogens (tertiary/aromatic N) is 1. The standard InChI is InChI=1S/C11H12ClNOS/c1-14-11-4-2-10(3-5-11)13-7-6-9(12)8-15-13/h2-6H,7-8H2,1H3. The van der Waals surface area contributed by atoms with Gasteiger partial charge in [0.1, 0.15) is 5.75 Å². The van der Waals surface area contributed by atoms with Crippen molar-refractivity contribution in [2.45, 2.75) is 0 Å². The van der Waals surface area contributed by atoms with E-state index in [4.69, 9.17) is 16.3 Å². The lowest BCUT2D eigenvalue weighted by Gasteiger charge is -2.25. The fourth-order valence-electron chi connectivity index (χ4n) is 1.36. The molecule has 0 aliphatic carbocycles. The maximum Gasteiger partial charge on any atom is 0.119 e. The first-order valence-corrected chi connectivity index (χ1v) is 6.00. The topological polar surface area (TPSA) is 12.5 Å². The molecule has 0 fully saturated rings. The average Bonchev–Trinajstić information content (AvgIpc) is 2.30. The Kier molecular flexibility index (Phi) is 3.44. The minimum absolute atomic E-state index is 0.855. The van der Waals surface area contributed by atoms with E-state index >= 15 is 0 Å². The van der Waals surface area contributed by atoms with Crippen LogP contribution in [-0.2, 0) is 0 Å². The van der Waals surface area contributed by atoms with E-state index in [9.17, 15) is 0 Å². The van der Waals surface area contributed by atoms with Crippen LogP contribution in [0, 0.1) is 0 Å². The van der Waals surface area contributed by atoms with Gasteiger partial charge in [-0.05, 0) is 42.3 Å². The quantitative estimate of drug-likeness (QED) is 0.738. The minimum Gasteiger partial charge on any atom is -0.497 e. The van der Waals surface area contributed by atoms with Crippen molar-refractivity contribution in [3.05, 3.63) is 35.4 Å². The lowest BCUT2D eigenvalue weighted by molar-refractivity contribution is 0.415. The van der Waals surface area contributed by atoms with E-state index in [0.717, 1.165) is 23.1 Å². The second kappa shape index (κ2) is 4.81. The Morgan fingerprint density at radius 1 is 1.33 bits per heavy atom. The molecule has 2 nitrogen and oxygen atoms in total. The maximum absolute atomic E-state index is 5.91. The Bertz CT molecular complexity index is 363. The number of anilines is 1. The van der Waals surface area contributed by atoms with Crippen LogP contribution in [0.3, 0.4) is 0 Å². The van der Waals surface area contributed by atoms with Crippen molar-refractivity contribution in [3.63, 3.8) is 0 Å². The van der Waals surface area contributed by atoms with Crippen LogP contribution in [0.5, 0.6) is 5.75 Å². The maximum atomic E-state index is 5.91. The molecule has 0 amide bonds. The predicted molar refractivity (Wildman–Crippen MR) is 66.7 cm³/mol. The molecule has 80 valence electrons. The Morgan fingerprint density at radius 2 is 2.07 bits per heavy atom. The van der Waals surface area contributed by atoms with Crippen LogP contribution >= 0.6 is 23.5 Å². The summed E-state index contributed by atoms with van der Waals surface area (Å²) < 4.78 is 7.33. The summed E-state index contributed by atoms with van der Waals surface area (Å²) in [7, 11) is 1.67. The summed E-state index contributed by atoms with van der Waals surface area (Å²) in [5.74, 6) is 1.74. The summed E-state index contributed by atoms with van der Waals surface area (Å²) >= 11 is 7.64. The van der Waals surface area contributed by atoms with Gasteiger partial charge in [0.15, 0.2) is 0 Å². The summed E-state index contributed by atoms with van der Waals surface area (Å²) in [5.41, 5.74) is 1.18. The highest BCUT2D eigenvalue weighted by molar-refractivity contribution is 8.00. The summed E-state index contributed by atoms with van der Waals surface area (Å²) in [5, 5.41) is 0.935. The largest absolute Gasteiger partial charge is 0.497 e. The zero-order valence-corrected chi connectivity index (χ0v) is 10.0. The van der Waals surface area contributed by atoms with Crippen molar-refractivity contribution in [2.24, 2.45) is 0 Å². The molecule has 0 N–H and O–H groups in total. The highest BCUT2D eigenvalue weighted by atomic mass is 35.5. The van der Waals surface area contributed by atoms with E-state index in [-0.39, 0.29) is 0 Å². The zero-order chi connectivity index (χ0) is 10.7. The molecule has 0 aromatic heterocycles. The summed E-state index contributed by atoms with van der Waals surface area (Å²) in [6, 6.07) is 8.05. The molecule has 0 spiro atoms. The normalized spacial score (nSPS) is 16.1. The Hall–Kier alpha value is -0.800. The fourth-order valence-corrected chi connectivity index (χ4v) is 2.42. The molecule has 0 radical (unpaired) electrons. The average molecular weight is 242 g/mol. The number of hydrogen-bond donors (Lipinski definition) is 0. The van der Waals surface area contributed by atoms with Crippen molar-refractivity contribution in [3.8, 4) is 5.75 Å². The third kappa shape index (κ3) is 2.61. The van der Waals surface area contributed by atoms with Gasteiger partial charge in [0.2, 0.25) is 0 Å². The van der Waals surface area contributed by atoms with Gasteiger partial charge in [0.05, 0.1) is 7.11 Å². The van der Waals surface area contributed by atoms with E-state index < -0.39 is 0 Å². The van der Waals surface area contributed by atoms with Gasteiger partial charge in [-0.25, -0.2) is 0 Å². The summed E-state index contributed by atoms with van der Waals surface area (Å²) in [6.07, 6.45) is 2.04. The van der Waals surface area contributed by atoms with Gasteiger partial charge in [-0.2, -0.15) is 0 Å². The highest BCUT2D eigenvalue weighted by Crippen LogP contribution is 2.29. The number of benzene rings is 1. The Balaban J connectivity index is 2.10. The molecule has 0 saturated heterocycles. The number of ether oxygens (including phenoxy) is 1. The first-order chi connectivity index (χ1) is 7.29. The molecule has 0 unspecified atom stereocenters. The molecule has 2 rings (SSSR count). The summed E-state index contributed by atoms with van der Waals surface area (Å²) in [4.78, 5) is 0. The SMILES string of the molecule is COc1ccc(N2CC=C(Cl)CS2)cc1. The molecular weight excluding hydrogens is 230 g/mol. The number of methoxy groups -OCH3 is 1. The molecule has 0 atom stereocenters. The van der Waals surface area contributed by atoms with Crippen LogP contribution in [0.1, 0.15) is 0 Å². The zero-order valence-electron chi connectivity index (χ0n) is 8.44. The Morgan fingerprint density at radius 3 is 2.60 bits per heavy atom. The molecule has 4 heteroatoms. The Labute approximate surface area is 99.0 Å². The van der Waals surface area contributed by atoms with Gasteiger partial charge in [0, 0.05) is 23.0 Å². The molecule has 1 heterocycles. The third-order valence-electron chi connectivity index (χ3n) is 2.20. The molecular formula is C11H12ClNOS. The third-order valence-corrected chi connectivity index (χ3v) is 3.76. The molecule has 1 aromatic rings. The van der Waals surface area contributed by atoms with E-state index in [2.05, 4.69) is 16.4 Å². The van der Waals surface area contributed by atoms with E-state index in [1.54, 1.807) is 19.1 Å². The molecule has 0 bridgehead atoms. The second-order valence-corrected chi connectivity index (χ2v) is 4.66. The lowest BCUT2D eigenvalue weighted by atomic mass is 10.3. The van der Waals surface area contributed by atoms with Crippen molar-refractivity contribution in [1.29, 1.82) is 0 Å². The van der Waals surface area contributed by atoms with Gasteiger partial charge in [0.25, 0.3) is 0 Å². The van der Waals surface area contributed by atoms with Gasteiger partial charge in [-0.3, -0.25) is 0 Å². The van der Waals surface area contributed by atoms with Crippen LogP contribution < -0.4 is 9.04 Å². The van der Waals surface area contributed by atoms with Gasteiger partial charge in [-0.15, -0.1) is 0 Å². The molecule has 15 heavy (non-hydrogen) atoms. The van der Waals surface area contributed by atoms with Gasteiger partial charge >= 0.3 is 0 Å². The summed E-state index contributed by atoms with van der Waals surface area (Å²) in [6.45, 7) is 0.857. The van der Waals surface area contributed by atoms with Crippen LogP contribution in [0.15, 0.2) is 35.4 Å². The van der Waals surface area contributed by atoms with Crippen molar-refractivity contribution < 1.29 is 4.74 Å². The predicted octanol–water partition coefficient (Wildman–Crippen LogP) is 3.29. The molecule has 1 aliphatic heterocycles. The number of halogens is 1. The second-order valence-electron chi connectivity index (χ2n) is 3.18. The fraction of sp³-hybridized carbons (Fsp3) is 0.273. The smallest absolute Gasteiger partial charge is 0.119 e. The minimum atomic E-state index is 0.855. The first kappa shape index (κ1) is 10.7. The van der Waals surface area contributed by atoms with E-state index in [1.165, 1.54) is 5.69 Å². The number of hydrogen-bond acceptors (Lipinski definition) is 3. The van der Waals surface area contributed by atoms with Crippen molar-refractivity contribution in [2.75, 3.05) is 23.7 Å². The molecule has 1 aromatic carbocycles. The van der Waals surface area contributed by atoms with Crippen LogP contribution in [0.4, 0.5) is 5.69 Å². The monoisotopic (exact) mass is 241 g/mol. The van der Waals surface area contributed by atoms with Crippen molar-refractivity contribution >= 4 is 29.2 Å². The van der Waals surface area contributed by atoms with E-state index in [0.29, 0.717) is 0 Å². The van der Waals surface area contributed by atoms with Crippen molar-refractivity contribution in [1.82, 2.24) is 0 Å². The van der Waals surface area contributed by atoms with Crippen LogP contribution in [0.25, 0.3) is 0 Å². The lowest BCUT2D eigenvalue weighted by Crippen LogP contribution is -2.18. The van der Waals surface area contributed by atoms with Gasteiger partial charge < -0.3 is 9.04 Å². The molecule has 1 aliphatic rings. The van der Waals surface area contributed by atoms with Crippen LogP contribution in [-0.4, -0.2) is 19.4 Å². The number of rotatable bonds is 2. The highest BCUT2D eigenvalue weighted by Gasteiger charge is 2.11.